The standard InChI is InChI=1S/C14H19NO3/c1-4-15(5-2)9-6-7-12(3)18-14(16)13-8-10-17-11-13/h8,10-12H,4-5,9H2,1-3H3/t12-/m0/s1. The highest BCUT2D eigenvalue weighted by Gasteiger charge is 2.10. The number of rotatable bonds is 5. The SMILES string of the molecule is CCN(CC)CC#C[C@H](C)OC(=O)c1ccoc1. The zero-order valence-corrected chi connectivity index (χ0v) is 11.1. The normalized spacial score (nSPS) is 11.8. The largest absolute Gasteiger partial charge is 0.472 e. The molecule has 1 heterocycles. The first kappa shape index (κ1) is 14.3. The summed E-state index contributed by atoms with van der Waals surface area (Å²) >= 11 is 0. The van der Waals surface area contributed by atoms with Gasteiger partial charge in [-0.25, -0.2) is 4.79 Å². The van der Waals surface area contributed by atoms with Crippen molar-refractivity contribution >= 4 is 5.97 Å². The summed E-state index contributed by atoms with van der Waals surface area (Å²) in [7, 11) is 0. The molecule has 18 heavy (non-hydrogen) atoms. The third-order valence-corrected chi connectivity index (χ3v) is 2.54. The van der Waals surface area contributed by atoms with E-state index in [9.17, 15) is 4.79 Å². The van der Waals surface area contributed by atoms with Crippen molar-refractivity contribution < 1.29 is 13.9 Å². The first-order chi connectivity index (χ1) is 8.67. The van der Waals surface area contributed by atoms with Crippen LogP contribution in [-0.4, -0.2) is 36.6 Å². The summed E-state index contributed by atoms with van der Waals surface area (Å²) in [4.78, 5) is 13.8. The van der Waals surface area contributed by atoms with Crippen LogP contribution in [-0.2, 0) is 4.74 Å². The first-order valence-corrected chi connectivity index (χ1v) is 6.11. The van der Waals surface area contributed by atoms with E-state index >= 15 is 0 Å². The van der Waals surface area contributed by atoms with Crippen molar-refractivity contribution in [1.82, 2.24) is 4.90 Å². The van der Waals surface area contributed by atoms with E-state index in [1.165, 1.54) is 12.5 Å². The zero-order valence-electron chi connectivity index (χ0n) is 11.1. The predicted octanol–water partition coefficient (Wildman–Crippen LogP) is 2.17. The molecule has 0 aliphatic rings. The summed E-state index contributed by atoms with van der Waals surface area (Å²) in [6, 6.07) is 1.57. The Kier molecular flexibility index (Phi) is 6.03. The fourth-order valence-electron chi connectivity index (χ4n) is 1.39. The van der Waals surface area contributed by atoms with Crippen LogP contribution in [0, 0.1) is 11.8 Å². The lowest BCUT2D eigenvalue weighted by molar-refractivity contribution is 0.0437. The highest BCUT2D eigenvalue weighted by Crippen LogP contribution is 2.04. The van der Waals surface area contributed by atoms with Crippen LogP contribution >= 0.6 is 0 Å². The lowest BCUT2D eigenvalue weighted by Gasteiger charge is -2.13. The van der Waals surface area contributed by atoms with E-state index in [1.54, 1.807) is 13.0 Å². The van der Waals surface area contributed by atoms with E-state index in [2.05, 4.69) is 30.6 Å². The van der Waals surface area contributed by atoms with Crippen molar-refractivity contribution in [1.29, 1.82) is 0 Å². The molecule has 1 atom stereocenters. The molecule has 0 aromatic carbocycles. The van der Waals surface area contributed by atoms with Gasteiger partial charge in [0.1, 0.15) is 6.26 Å². The third-order valence-electron chi connectivity index (χ3n) is 2.54. The minimum atomic E-state index is -0.414. The molecule has 0 saturated carbocycles. The Labute approximate surface area is 108 Å². The molecule has 0 fully saturated rings. The number of nitrogens with zero attached hydrogens (tertiary/aromatic N) is 1. The fraction of sp³-hybridized carbons (Fsp3) is 0.500. The minimum Gasteiger partial charge on any atom is -0.472 e. The molecule has 0 amide bonds. The lowest BCUT2D eigenvalue weighted by Crippen LogP contribution is -2.23. The van der Waals surface area contributed by atoms with Gasteiger partial charge in [0.15, 0.2) is 6.10 Å². The Bertz CT molecular complexity index is 410. The summed E-state index contributed by atoms with van der Waals surface area (Å²) in [5.41, 5.74) is 0.410. The number of esters is 1. The van der Waals surface area contributed by atoms with Crippen molar-refractivity contribution in [2.45, 2.75) is 26.9 Å². The molecule has 1 rings (SSSR count). The maximum absolute atomic E-state index is 11.6. The van der Waals surface area contributed by atoms with Crippen LogP contribution in [0.25, 0.3) is 0 Å². The topological polar surface area (TPSA) is 42.7 Å². The molecule has 1 aromatic heterocycles. The van der Waals surface area contributed by atoms with Gasteiger partial charge < -0.3 is 9.15 Å². The molecular weight excluding hydrogens is 230 g/mol. The van der Waals surface area contributed by atoms with E-state index in [0.717, 1.165) is 13.1 Å². The molecule has 0 saturated heterocycles. The van der Waals surface area contributed by atoms with Gasteiger partial charge in [0.25, 0.3) is 0 Å². The van der Waals surface area contributed by atoms with Gasteiger partial charge in [0.2, 0.25) is 0 Å². The summed E-state index contributed by atoms with van der Waals surface area (Å²) in [5.74, 6) is 5.51. The quantitative estimate of drug-likeness (QED) is 0.592. The van der Waals surface area contributed by atoms with Gasteiger partial charge in [0, 0.05) is 0 Å². The molecule has 0 unspecified atom stereocenters. The highest BCUT2D eigenvalue weighted by molar-refractivity contribution is 5.89. The van der Waals surface area contributed by atoms with Crippen molar-refractivity contribution in [3.8, 4) is 11.8 Å². The van der Waals surface area contributed by atoms with Crippen molar-refractivity contribution in [2.24, 2.45) is 0 Å². The lowest BCUT2D eigenvalue weighted by atomic mass is 10.3. The molecule has 4 heteroatoms. The summed E-state index contributed by atoms with van der Waals surface area (Å²) in [6.07, 6.45) is 2.38. The van der Waals surface area contributed by atoms with Crippen molar-refractivity contribution in [3.63, 3.8) is 0 Å². The summed E-state index contributed by atoms with van der Waals surface area (Å²) < 4.78 is 9.97. The maximum Gasteiger partial charge on any atom is 0.342 e. The molecular formula is C14H19NO3. The van der Waals surface area contributed by atoms with Crippen LogP contribution < -0.4 is 0 Å². The number of carbonyl (C=O) groups is 1. The Morgan fingerprint density at radius 2 is 2.22 bits per heavy atom. The molecule has 0 spiro atoms. The van der Waals surface area contributed by atoms with E-state index in [-0.39, 0.29) is 0 Å². The predicted molar refractivity (Wildman–Crippen MR) is 69.1 cm³/mol. The average Bonchev–Trinajstić information content (AvgIpc) is 2.88. The first-order valence-electron chi connectivity index (χ1n) is 6.11. The van der Waals surface area contributed by atoms with E-state index in [1.807, 2.05) is 0 Å². The third kappa shape index (κ3) is 4.64. The molecule has 0 aliphatic heterocycles. The van der Waals surface area contributed by atoms with E-state index in [0.29, 0.717) is 12.1 Å². The second-order valence-electron chi connectivity index (χ2n) is 3.84. The fourth-order valence-corrected chi connectivity index (χ4v) is 1.39. The second-order valence-corrected chi connectivity index (χ2v) is 3.84. The van der Waals surface area contributed by atoms with Gasteiger partial charge in [-0.05, 0) is 26.1 Å². The molecule has 0 bridgehead atoms. The molecule has 0 radical (unpaired) electrons. The van der Waals surface area contributed by atoms with E-state index in [4.69, 9.17) is 9.15 Å². The van der Waals surface area contributed by atoms with Gasteiger partial charge in [-0.1, -0.05) is 25.7 Å². The van der Waals surface area contributed by atoms with Gasteiger partial charge in [-0.3, -0.25) is 4.90 Å². The number of carbonyl (C=O) groups excluding carboxylic acids is 1. The number of furan rings is 1. The van der Waals surface area contributed by atoms with Crippen molar-refractivity contribution in [3.05, 3.63) is 24.2 Å². The monoisotopic (exact) mass is 249 g/mol. The maximum atomic E-state index is 11.6. The minimum absolute atomic E-state index is 0.409. The molecule has 1 aromatic rings. The van der Waals surface area contributed by atoms with Crippen LogP contribution in [0.15, 0.2) is 23.0 Å². The average molecular weight is 249 g/mol. The van der Waals surface area contributed by atoms with Crippen LogP contribution in [0.4, 0.5) is 0 Å². The Morgan fingerprint density at radius 3 is 2.78 bits per heavy atom. The molecule has 4 nitrogen and oxygen atoms in total. The van der Waals surface area contributed by atoms with Gasteiger partial charge in [-0.15, -0.1) is 0 Å². The summed E-state index contributed by atoms with van der Waals surface area (Å²) in [6.45, 7) is 8.57. The van der Waals surface area contributed by atoms with Crippen LogP contribution in [0.1, 0.15) is 31.1 Å². The van der Waals surface area contributed by atoms with Crippen LogP contribution in [0.3, 0.4) is 0 Å². The molecule has 0 N–H and O–H groups in total. The van der Waals surface area contributed by atoms with Gasteiger partial charge >= 0.3 is 5.97 Å². The molecule has 98 valence electrons. The van der Waals surface area contributed by atoms with Crippen molar-refractivity contribution in [2.75, 3.05) is 19.6 Å². The number of ether oxygens (including phenoxy) is 1. The van der Waals surface area contributed by atoms with Crippen LogP contribution in [0.2, 0.25) is 0 Å². The highest BCUT2D eigenvalue weighted by atomic mass is 16.5. The Balaban J connectivity index is 2.40. The number of hydrogen-bond acceptors (Lipinski definition) is 4. The molecule has 0 aliphatic carbocycles. The zero-order chi connectivity index (χ0) is 13.4. The van der Waals surface area contributed by atoms with Gasteiger partial charge in [-0.2, -0.15) is 0 Å². The van der Waals surface area contributed by atoms with E-state index < -0.39 is 12.1 Å². The second kappa shape index (κ2) is 7.57. The smallest absolute Gasteiger partial charge is 0.342 e. The van der Waals surface area contributed by atoms with Crippen LogP contribution in [0.5, 0.6) is 0 Å². The summed E-state index contributed by atoms with van der Waals surface area (Å²) in [5, 5.41) is 0. The number of hydrogen-bond donors (Lipinski definition) is 0. The Hall–Kier alpha value is -1.73. The van der Waals surface area contributed by atoms with Gasteiger partial charge in [0.05, 0.1) is 18.4 Å². The Morgan fingerprint density at radius 1 is 1.50 bits per heavy atom.